The molecular formula is C19H22N4O4. The maximum absolute atomic E-state index is 12.4. The van der Waals surface area contributed by atoms with E-state index in [9.17, 15) is 4.79 Å². The van der Waals surface area contributed by atoms with Crippen molar-refractivity contribution < 1.29 is 18.5 Å². The summed E-state index contributed by atoms with van der Waals surface area (Å²) in [7, 11) is 1.55. The van der Waals surface area contributed by atoms with Crippen molar-refractivity contribution in [2.75, 3.05) is 7.11 Å². The Morgan fingerprint density at radius 3 is 2.93 bits per heavy atom. The number of carbonyl (C=O) groups is 1. The monoisotopic (exact) mass is 370 g/mol. The number of benzene rings is 1. The van der Waals surface area contributed by atoms with Crippen LogP contribution in [0.5, 0.6) is 0 Å². The lowest BCUT2D eigenvalue weighted by molar-refractivity contribution is 0.0949. The third-order valence-corrected chi connectivity index (χ3v) is 4.81. The number of fused-ring (bicyclic) bond motifs is 1. The molecule has 0 saturated heterocycles. The van der Waals surface area contributed by atoms with E-state index in [1.165, 1.54) is 19.3 Å². The highest BCUT2D eigenvalue weighted by atomic mass is 16.5. The Morgan fingerprint density at radius 2 is 2.11 bits per heavy atom. The fourth-order valence-corrected chi connectivity index (χ4v) is 3.41. The van der Waals surface area contributed by atoms with E-state index >= 15 is 0 Å². The summed E-state index contributed by atoms with van der Waals surface area (Å²) in [5.41, 5.74) is 1.94. The van der Waals surface area contributed by atoms with E-state index in [0.29, 0.717) is 28.8 Å². The molecule has 1 N–H and O–H groups in total. The quantitative estimate of drug-likeness (QED) is 0.710. The Kier molecular flexibility index (Phi) is 5.15. The molecule has 2 heterocycles. The first kappa shape index (κ1) is 17.7. The second-order valence-electron chi connectivity index (χ2n) is 6.79. The fourth-order valence-electron chi connectivity index (χ4n) is 3.41. The van der Waals surface area contributed by atoms with Gasteiger partial charge in [-0.05, 0) is 31.0 Å². The molecule has 0 radical (unpaired) electrons. The number of carbonyl (C=O) groups excluding carboxylic acids is 1. The van der Waals surface area contributed by atoms with Gasteiger partial charge in [0.1, 0.15) is 12.1 Å². The van der Waals surface area contributed by atoms with Crippen molar-refractivity contribution in [3.8, 4) is 0 Å². The second-order valence-corrected chi connectivity index (χ2v) is 6.79. The van der Waals surface area contributed by atoms with Gasteiger partial charge in [0.2, 0.25) is 0 Å². The highest BCUT2D eigenvalue weighted by Crippen LogP contribution is 2.33. The molecule has 0 bridgehead atoms. The summed E-state index contributed by atoms with van der Waals surface area (Å²) in [6.45, 7) is 0.417. The summed E-state index contributed by atoms with van der Waals surface area (Å²) in [6.07, 6.45) is 5.97. The highest BCUT2D eigenvalue weighted by Gasteiger charge is 2.21. The molecule has 0 unspecified atom stereocenters. The predicted octanol–water partition coefficient (Wildman–Crippen LogP) is 3.33. The molecule has 4 rings (SSSR count). The van der Waals surface area contributed by atoms with E-state index in [1.807, 2.05) is 6.07 Å². The zero-order chi connectivity index (χ0) is 18.6. The molecule has 1 aromatic carbocycles. The Balaban J connectivity index is 1.43. The van der Waals surface area contributed by atoms with Crippen LogP contribution in [-0.4, -0.2) is 28.1 Å². The van der Waals surface area contributed by atoms with Gasteiger partial charge in [-0.25, -0.2) is 4.98 Å². The third-order valence-electron chi connectivity index (χ3n) is 4.81. The van der Waals surface area contributed by atoms with Gasteiger partial charge in [-0.2, -0.15) is 4.98 Å². The minimum absolute atomic E-state index is 0.174. The van der Waals surface area contributed by atoms with E-state index in [0.717, 1.165) is 24.2 Å². The Morgan fingerprint density at radius 1 is 1.26 bits per heavy atom. The van der Waals surface area contributed by atoms with E-state index in [1.54, 1.807) is 19.2 Å². The number of rotatable bonds is 6. The van der Waals surface area contributed by atoms with E-state index in [2.05, 4.69) is 20.4 Å². The summed E-state index contributed by atoms with van der Waals surface area (Å²) in [5.74, 6) is 1.73. The molecular weight excluding hydrogens is 348 g/mol. The van der Waals surface area contributed by atoms with Gasteiger partial charge in [0.05, 0.1) is 6.54 Å². The minimum Gasteiger partial charge on any atom is -0.440 e. The molecule has 0 spiro atoms. The van der Waals surface area contributed by atoms with E-state index in [4.69, 9.17) is 13.7 Å². The number of oxazole rings is 1. The second kappa shape index (κ2) is 7.87. The van der Waals surface area contributed by atoms with Crippen LogP contribution in [0.25, 0.3) is 11.1 Å². The van der Waals surface area contributed by atoms with Crippen molar-refractivity contribution in [1.29, 1.82) is 0 Å². The normalized spacial score (nSPS) is 15.3. The molecule has 1 aliphatic rings. The van der Waals surface area contributed by atoms with Crippen LogP contribution in [0.1, 0.15) is 66.0 Å². The van der Waals surface area contributed by atoms with E-state index in [-0.39, 0.29) is 19.1 Å². The SMILES string of the molecule is COCc1nc(CNC(=O)c2ccc3nc(C4CCCCC4)oc3c2)no1. The number of nitrogens with zero attached hydrogens (tertiary/aromatic N) is 3. The van der Waals surface area contributed by atoms with Crippen LogP contribution in [-0.2, 0) is 17.9 Å². The van der Waals surface area contributed by atoms with Crippen LogP contribution in [0.4, 0.5) is 0 Å². The molecule has 1 fully saturated rings. The lowest BCUT2D eigenvalue weighted by atomic mass is 9.89. The predicted molar refractivity (Wildman–Crippen MR) is 96.0 cm³/mol. The Hall–Kier alpha value is -2.74. The zero-order valence-corrected chi connectivity index (χ0v) is 15.2. The van der Waals surface area contributed by atoms with Gasteiger partial charge in [0, 0.05) is 18.6 Å². The fraction of sp³-hybridized carbons (Fsp3) is 0.474. The lowest BCUT2D eigenvalue weighted by Gasteiger charge is -2.17. The maximum Gasteiger partial charge on any atom is 0.252 e. The van der Waals surface area contributed by atoms with Gasteiger partial charge < -0.3 is 19.0 Å². The van der Waals surface area contributed by atoms with Crippen molar-refractivity contribution in [3.05, 3.63) is 41.4 Å². The molecule has 3 aromatic rings. The molecule has 0 aliphatic heterocycles. The Bertz CT molecular complexity index is 927. The molecule has 1 amide bonds. The molecule has 1 saturated carbocycles. The van der Waals surface area contributed by atoms with Crippen molar-refractivity contribution >= 4 is 17.0 Å². The van der Waals surface area contributed by atoms with Crippen LogP contribution in [0.3, 0.4) is 0 Å². The third kappa shape index (κ3) is 4.00. The number of hydrogen-bond acceptors (Lipinski definition) is 7. The maximum atomic E-state index is 12.4. The van der Waals surface area contributed by atoms with Crippen molar-refractivity contribution in [1.82, 2.24) is 20.4 Å². The minimum atomic E-state index is -0.231. The molecule has 27 heavy (non-hydrogen) atoms. The zero-order valence-electron chi connectivity index (χ0n) is 15.2. The van der Waals surface area contributed by atoms with Crippen molar-refractivity contribution in [3.63, 3.8) is 0 Å². The van der Waals surface area contributed by atoms with Gasteiger partial charge >= 0.3 is 0 Å². The van der Waals surface area contributed by atoms with Gasteiger partial charge in [-0.3, -0.25) is 4.79 Å². The number of nitrogens with one attached hydrogen (secondary N) is 1. The lowest BCUT2D eigenvalue weighted by Crippen LogP contribution is -2.23. The number of methoxy groups -OCH3 is 1. The van der Waals surface area contributed by atoms with Crippen molar-refractivity contribution in [2.24, 2.45) is 0 Å². The average Bonchev–Trinajstić information content (AvgIpc) is 3.33. The van der Waals surface area contributed by atoms with Gasteiger partial charge in [-0.1, -0.05) is 24.4 Å². The first-order chi connectivity index (χ1) is 13.2. The molecule has 0 atom stereocenters. The first-order valence-corrected chi connectivity index (χ1v) is 9.22. The summed E-state index contributed by atoms with van der Waals surface area (Å²) in [5, 5.41) is 6.57. The Labute approximate surface area is 156 Å². The number of ether oxygens (including phenoxy) is 1. The molecule has 1 aliphatic carbocycles. The summed E-state index contributed by atoms with van der Waals surface area (Å²) >= 11 is 0. The molecule has 2 aromatic heterocycles. The molecule has 8 heteroatoms. The average molecular weight is 370 g/mol. The van der Waals surface area contributed by atoms with Crippen molar-refractivity contribution in [2.45, 2.75) is 51.2 Å². The molecule has 8 nitrogen and oxygen atoms in total. The van der Waals surface area contributed by atoms with Crippen LogP contribution in [0.2, 0.25) is 0 Å². The summed E-state index contributed by atoms with van der Waals surface area (Å²) in [6, 6.07) is 5.30. The number of amides is 1. The first-order valence-electron chi connectivity index (χ1n) is 9.22. The van der Waals surface area contributed by atoms with Gasteiger partial charge in [0.15, 0.2) is 17.3 Å². The summed E-state index contributed by atoms with van der Waals surface area (Å²) in [4.78, 5) is 21.2. The van der Waals surface area contributed by atoms with E-state index < -0.39 is 0 Å². The van der Waals surface area contributed by atoms with Crippen LogP contribution in [0.15, 0.2) is 27.1 Å². The van der Waals surface area contributed by atoms with Gasteiger partial charge in [0.25, 0.3) is 11.8 Å². The highest BCUT2D eigenvalue weighted by molar-refractivity contribution is 5.96. The van der Waals surface area contributed by atoms with Crippen LogP contribution in [0, 0.1) is 0 Å². The topological polar surface area (TPSA) is 103 Å². The summed E-state index contributed by atoms with van der Waals surface area (Å²) < 4.78 is 15.9. The van der Waals surface area contributed by atoms with Gasteiger partial charge in [-0.15, -0.1) is 0 Å². The largest absolute Gasteiger partial charge is 0.440 e. The van der Waals surface area contributed by atoms with Crippen LogP contribution >= 0.6 is 0 Å². The number of aromatic nitrogens is 3. The smallest absolute Gasteiger partial charge is 0.252 e. The molecule has 142 valence electrons. The van der Waals surface area contributed by atoms with Crippen LogP contribution < -0.4 is 5.32 Å². The number of hydrogen-bond donors (Lipinski definition) is 1. The standard InChI is InChI=1S/C19H22N4O4/c1-25-11-17-22-16(23-27-17)10-20-18(24)13-7-8-14-15(9-13)26-19(21-14)12-5-3-2-4-6-12/h7-9,12H,2-6,10-11H2,1H3,(H,20,24).